The van der Waals surface area contributed by atoms with Crippen molar-refractivity contribution in [2.45, 2.75) is 20.4 Å². The first-order chi connectivity index (χ1) is 15.7. The maximum Gasteiger partial charge on any atom is 0.256 e. The molecule has 0 radical (unpaired) electrons. The Morgan fingerprint density at radius 1 is 0.906 bits per heavy atom. The lowest BCUT2D eigenvalue weighted by Gasteiger charge is -2.20. The van der Waals surface area contributed by atoms with Gasteiger partial charge in [0.2, 0.25) is 0 Å². The van der Waals surface area contributed by atoms with Gasteiger partial charge in [0.15, 0.2) is 0 Å². The van der Waals surface area contributed by atoms with Crippen LogP contribution in [-0.4, -0.2) is 23.0 Å². The number of nitrogens with zero attached hydrogens (tertiary/aromatic N) is 2. The maximum absolute atomic E-state index is 13.2. The number of pyridine rings is 1. The smallest absolute Gasteiger partial charge is 0.256 e. The summed E-state index contributed by atoms with van der Waals surface area (Å²) in [6.07, 6.45) is 1.82. The van der Waals surface area contributed by atoms with Crippen molar-refractivity contribution >= 4 is 11.3 Å². The minimum absolute atomic E-state index is 0.198. The molecular weight excluding hydrogens is 414 g/mol. The first kappa shape index (κ1) is 21.8. The topological polar surface area (TPSA) is 59.9 Å². The molecule has 32 heavy (non-hydrogen) atoms. The van der Waals surface area contributed by atoms with Crippen molar-refractivity contribution in [2.75, 3.05) is 13.1 Å². The van der Waals surface area contributed by atoms with Crippen molar-refractivity contribution in [3.05, 3.63) is 93.0 Å². The minimum atomic E-state index is -0.198. The van der Waals surface area contributed by atoms with Crippen molar-refractivity contribution in [3.63, 3.8) is 0 Å². The van der Waals surface area contributed by atoms with Crippen LogP contribution in [0.1, 0.15) is 24.3 Å². The van der Waals surface area contributed by atoms with Crippen LogP contribution in [0, 0.1) is 11.3 Å². The van der Waals surface area contributed by atoms with Crippen LogP contribution in [0.2, 0.25) is 0 Å². The summed E-state index contributed by atoms with van der Waals surface area (Å²) in [4.78, 5) is 19.8. The Morgan fingerprint density at radius 2 is 1.62 bits per heavy atom. The van der Waals surface area contributed by atoms with Crippen molar-refractivity contribution in [3.8, 4) is 39.4 Å². The molecular formula is C27H25N3OS. The largest absolute Gasteiger partial charge is 0.328 e. The van der Waals surface area contributed by atoms with E-state index < -0.39 is 0 Å². The molecule has 0 amide bonds. The number of hydrogen-bond donors (Lipinski definition) is 1. The molecule has 2 aromatic heterocycles. The number of rotatable bonds is 7. The minimum Gasteiger partial charge on any atom is -0.328 e. The summed E-state index contributed by atoms with van der Waals surface area (Å²) >= 11 is 1.73. The van der Waals surface area contributed by atoms with Gasteiger partial charge in [-0.05, 0) is 41.7 Å². The van der Waals surface area contributed by atoms with E-state index in [0.717, 1.165) is 41.9 Å². The van der Waals surface area contributed by atoms with E-state index in [9.17, 15) is 10.1 Å². The van der Waals surface area contributed by atoms with Crippen molar-refractivity contribution < 1.29 is 0 Å². The van der Waals surface area contributed by atoms with Crippen molar-refractivity contribution in [1.82, 2.24) is 9.88 Å². The van der Waals surface area contributed by atoms with Crippen LogP contribution in [0.5, 0.6) is 0 Å². The highest BCUT2D eigenvalue weighted by atomic mass is 32.1. The highest BCUT2D eigenvalue weighted by Gasteiger charge is 2.21. The molecule has 5 heteroatoms. The van der Waals surface area contributed by atoms with Crippen LogP contribution in [-0.2, 0) is 6.54 Å². The fourth-order valence-corrected chi connectivity index (χ4v) is 4.99. The number of aromatic nitrogens is 1. The Hall–Kier alpha value is -3.46. The summed E-state index contributed by atoms with van der Waals surface area (Å²) in [5.41, 5.74) is 5.38. The zero-order valence-corrected chi connectivity index (χ0v) is 19.1. The van der Waals surface area contributed by atoms with E-state index in [4.69, 9.17) is 0 Å². The number of thiophene rings is 1. The second kappa shape index (κ2) is 9.78. The number of nitrogens with one attached hydrogen (secondary N) is 1. The van der Waals surface area contributed by atoms with Crippen LogP contribution in [0.25, 0.3) is 33.4 Å². The Labute approximate surface area is 192 Å². The maximum atomic E-state index is 13.2. The zero-order valence-electron chi connectivity index (χ0n) is 18.3. The summed E-state index contributed by atoms with van der Waals surface area (Å²) in [5.74, 6) is 0. The van der Waals surface area contributed by atoms with Gasteiger partial charge in [-0.25, -0.2) is 0 Å². The third-order valence-electron chi connectivity index (χ3n) is 5.77. The molecule has 0 aliphatic rings. The molecule has 0 saturated carbocycles. The Kier molecular flexibility index (Phi) is 6.65. The molecule has 0 unspecified atom stereocenters. The molecule has 2 aromatic carbocycles. The highest BCUT2D eigenvalue weighted by molar-refractivity contribution is 7.10. The van der Waals surface area contributed by atoms with Gasteiger partial charge in [-0.1, -0.05) is 62.4 Å². The number of hydrogen-bond acceptors (Lipinski definition) is 4. The SMILES string of the molecule is CCN(CC)Cc1sccc1-c1c[nH]c(=O)c(-c2ccccc2C#N)c1-c1ccccc1. The van der Waals surface area contributed by atoms with E-state index in [-0.39, 0.29) is 5.56 Å². The van der Waals surface area contributed by atoms with Crippen LogP contribution in [0.15, 0.2) is 77.0 Å². The molecule has 4 nitrogen and oxygen atoms in total. The van der Waals surface area contributed by atoms with Gasteiger partial charge in [-0.15, -0.1) is 11.3 Å². The first-order valence-corrected chi connectivity index (χ1v) is 11.7. The number of H-pyrrole nitrogens is 1. The summed E-state index contributed by atoms with van der Waals surface area (Å²) in [6.45, 7) is 7.15. The van der Waals surface area contributed by atoms with Gasteiger partial charge in [0, 0.05) is 34.3 Å². The van der Waals surface area contributed by atoms with Crippen molar-refractivity contribution in [2.24, 2.45) is 0 Å². The molecule has 0 fully saturated rings. The van der Waals surface area contributed by atoms with Crippen molar-refractivity contribution in [1.29, 1.82) is 5.26 Å². The molecule has 4 rings (SSSR count). The number of benzene rings is 2. The van der Waals surface area contributed by atoms with E-state index >= 15 is 0 Å². The molecule has 4 aromatic rings. The molecule has 0 aliphatic carbocycles. The summed E-state index contributed by atoms with van der Waals surface area (Å²) in [7, 11) is 0. The van der Waals surface area contributed by atoms with E-state index in [2.05, 4.69) is 41.2 Å². The number of nitriles is 1. The van der Waals surface area contributed by atoms with Gasteiger partial charge in [-0.3, -0.25) is 9.69 Å². The lowest BCUT2D eigenvalue weighted by molar-refractivity contribution is 0.299. The average Bonchev–Trinajstić information content (AvgIpc) is 3.30. The van der Waals surface area contributed by atoms with Gasteiger partial charge in [0.05, 0.1) is 17.2 Å². The van der Waals surface area contributed by atoms with E-state index in [0.29, 0.717) is 16.7 Å². The third-order valence-corrected chi connectivity index (χ3v) is 6.68. The van der Waals surface area contributed by atoms with Crippen LogP contribution in [0.3, 0.4) is 0 Å². The predicted molar refractivity (Wildman–Crippen MR) is 133 cm³/mol. The summed E-state index contributed by atoms with van der Waals surface area (Å²) in [5, 5.41) is 11.8. The second-order valence-electron chi connectivity index (χ2n) is 7.52. The summed E-state index contributed by atoms with van der Waals surface area (Å²) < 4.78 is 0. The fraction of sp³-hybridized carbons (Fsp3) is 0.185. The molecule has 0 spiro atoms. The van der Waals surface area contributed by atoms with Gasteiger partial charge in [0.25, 0.3) is 5.56 Å². The van der Waals surface area contributed by atoms with Crippen LogP contribution < -0.4 is 5.56 Å². The van der Waals surface area contributed by atoms with E-state index in [1.54, 1.807) is 17.4 Å². The Morgan fingerprint density at radius 3 is 2.34 bits per heavy atom. The molecule has 1 N–H and O–H groups in total. The fourth-order valence-electron chi connectivity index (χ4n) is 4.06. The van der Waals surface area contributed by atoms with E-state index in [1.165, 1.54) is 4.88 Å². The standard InChI is InChI=1S/C27H25N3OS/c1-3-30(4-2)18-24-22(14-15-32-24)23-17-29-27(31)26(21-13-9-8-12-20(21)16-28)25(23)19-10-6-5-7-11-19/h5-15,17H,3-4,18H2,1-2H3,(H,29,31). The lowest BCUT2D eigenvalue weighted by atomic mass is 9.88. The lowest BCUT2D eigenvalue weighted by Crippen LogP contribution is -2.21. The second-order valence-corrected chi connectivity index (χ2v) is 8.52. The van der Waals surface area contributed by atoms with Gasteiger partial charge in [-0.2, -0.15) is 5.26 Å². The van der Waals surface area contributed by atoms with Gasteiger partial charge >= 0.3 is 0 Å². The van der Waals surface area contributed by atoms with Crippen LogP contribution in [0.4, 0.5) is 0 Å². The van der Waals surface area contributed by atoms with Gasteiger partial charge in [0.1, 0.15) is 0 Å². The highest BCUT2D eigenvalue weighted by Crippen LogP contribution is 2.41. The van der Waals surface area contributed by atoms with E-state index in [1.807, 2.05) is 54.7 Å². The molecule has 0 saturated heterocycles. The average molecular weight is 440 g/mol. The van der Waals surface area contributed by atoms with Gasteiger partial charge < -0.3 is 4.98 Å². The quantitative estimate of drug-likeness (QED) is 0.376. The molecule has 0 bridgehead atoms. The Bertz CT molecular complexity index is 1310. The monoisotopic (exact) mass is 439 g/mol. The molecule has 2 heterocycles. The molecule has 0 aliphatic heterocycles. The zero-order chi connectivity index (χ0) is 22.5. The number of aromatic amines is 1. The summed E-state index contributed by atoms with van der Waals surface area (Å²) in [6, 6.07) is 21.6. The third kappa shape index (κ3) is 4.16. The predicted octanol–water partition coefficient (Wildman–Crippen LogP) is 6.15. The normalized spacial score (nSPS) is 10.9. The first-order valence-electron chi connectivity index (χ1n) is 10.8. The Balaban J connectivity index is 2.02. The molecule has 0 atom stereocenters. The molecule has 160 valence electrons. The van der Waals surface area contributed by atoms with Crippen LogP contribution >= 0.6 is 11.3 Å².